The van der Waals surface area contributed by atoms with Crippen molar-refractivity contribution in [3.63, 3.8) is 0 Å². The Morgan fingerprint density at radius 3 is 2.85 bits per heavy atom. The van der Waals surface area contributed by atoms with Gasteiger partial charge < -0.3 is 14.4 Å². The molecule has 0 aliphatic carbocycles. The predicted molar refractivity (Wildman–Crippen MR) is 73.3 cm³/mol. The summed E-state index contributed by atoms with van der Waals surface area (Å²) >= 11 is 0. The predicted octanol–water partition coefficient (Wildman–Crippen LogP) is 3.17. The second-order valence-electron chi connectivity index (χ2n) is 5.46. The summed E-state index contributed by atoms with van der Waals surface area (Å²) in [6.07, 6.45) is 3.07. The molecule has 1 aliphatic rings. The van der Waals surface area contributed by atoms with E-state index < -0.39 is 5.60 Å². The van der Waals surface area contributed by atoms with E-state index in [1.165, 1.54) is 0 Å². The van der Waals surface area contributed by atoms with Crippen LogP contribution in [-0.4, -0.2) is 21.9 Å². The zero-order valence-electron chi connectivity index (χ0n) is 11.7. The first-order valence-electron chi connectivity index (χ1n) is 6.87. The van der Waals surface area contributed by atoms with Gasteiger partial charge in [-0.2, -0.15) is 4.98 Å². The van der Waals surface area contributed by atoms with Crippen LogP contribution >= 0.6 is 0 Å². The van der Waals surface area contributed by atoms with Crippen LogP contribution in [0.5, 0.6) is 5.75 Å². The Labute approximate surface area is 117 Å². The molecule has 2 aromatic rings. The number of phenolic OH excluding ortho intramolecular Hbond substituents is 1. The Hall–Kier alpha value is -1.88. The average molecular weight is 274 g/mol. The Kier molecular flexibility index (Phi) is 3.22. The zero-order chi connectivity index (χ0) is 14.2. The van der Waals surface area contributed by atoms with Gasteiger partial charge in [0.1, 0.15) is 11.4 Å². The molecule has 20 heavy (non-hydrogen) atoms. The Morgan fingerprint density at radius 1 is 1.30 bits per heavy atom. The third-order valence-corrected chi connectivity index (χ3v) is 3.82. The van der Waals surface area contributed by atoms with Crippen molar-refractivity contribution in [2.45, 2.75) is 38.7 Å². The molecule has 0 amide bonds. The van der Waals surface area contributed by atoms with Gasteiger partial charge in [0.2, 0.25) is 5.82 Å². The van der Waals surface area contributed by atoms with Crippen LogP contribution in [0.1, 0.15) is 37.6 Å². The minimum absolute atomic E-state index is 0.224. The van der Waals surface area contributed by atoms with Gasteiger partial charge in [0.05, 0.1) is 0 Å². The average Bonchev–Trinajstić information content (AvgIpc) is 2.93. The van der Waals surface area contributed by atoms with E-state index in [1.54, 1.807) is 6.07 Å². The number of nitrogens with zero attached hydrogens (tertiary/aromatic N) is 2. The largest absolute Gasteiger partial charge is 0.508 e. The van der Waals surface area contributed by atoms with Crippen molar-refractivity contribution >= 4 is 0 Å². The molecule has 1 aromatic carbocycles. The van der Waals surface area contributed by atoms with Crippen molar-refractivity contribution in [1.82, 2.24) is 10.1 Å². The molecule has 1 N–H and O–H groups in total. The van der Waals surface area contributed by atoms with E-state index in [-0.39, 0.29) is 5.75 Å². The molecule has 1 aromatic heterocycles. The van der Waals surface area contributed by atoms with Gasteiger partial charge in [-0.15, -0.1) is 0 Å². The smallest absolute Gasteiger partial charge is 0.258 e. The highest BCUT2D eigenvalue weighted by molar-refractivity contribution is 5.57. The first-order chi connectivity index (χ1) is 9.58. The highest BCUT2D eigenvalue weighted by Gasteiger charge is 2.35. The van der Waals surface area contributed by atoms with Crippen molar-refractivity contribution in [1.29, 1.82) is 0 Å². The number of aryl methyl sites for hydroxylation is 1. The lowest BCUT2D eigenvalue weighted by atomic mass is 9.95. The first kappa shape index (κ1) is 13.1. The van der Waals surface area contributed by atoms with Gasteiger partial charge >= 0.3 is 0 Å². The van der Waals surface area contributed by atoms with Gasteiger partial charge in [-0.3, -0.25) is 0 Å². The lowest BCUT2D eigenvalue weighted by Gasteiger charge is -2.30. The lowest BCUT2D eigenvalue weighted by molar-refractivity contribution is -0.0770. The molecule has 1 fully saturated rings. The standard InChI is InChI=1S/C15H18N2O3/c1-10-5-6-11(9-12(10)18)13-16-14(17-20-13)15(2)7-3-4-8-19-15/h5-6,9,18H,3-4,7-8H2,1-2H3. The van der Waals surface area contributed by atoms with Crippen LogP contribution in [0.2, 0.25) is 0 Å². The number of ether oxygens (including phenoxy) is 1. The van der Waals surface area contributed by atoms with Crippen LogP contribution in [0.3, 0.4) is 0 Å². The number of hydrogen-bond acceptors (Lipinski definition) is 5. The molecule has 0 saturated carbocycles. The van der Waals surface area contributed by atoms with Gasteiger partial charge in [0.15, 0.2) is 0 Å². The van der Waals surface area contributed by atoms with E-state index in [1.807, 2.05) is 26.0 Å². The quantitative estimate of drug-likeness (QED) is 0.911. The van der Waals surface area contributed by atoms with Gasteiger partial charge in [-0.05, 0) is 50.8 Å². The molecule has 5 heteroatoms. The fourth-order valence-corrected chi connectivity index (χ4v) is 2.41. The summed E-state index contributed by atoms with van der Waals surface area (Å²) < 4.78 is 11.1. The maximum absolute atomic E-state index is 9.75. The number of aromatic hydroxyl groups is 1. The van der Waals surface area contributed by atoms with Gasteiger partial charge in [-0.25, -0.2) is 0 Å². The third-order valence-electron chi connectivity index (χ3n) is 3.82. The van der Waals surface area contributed by atoms with E-state index in [4.69, 9.17) is 9.26 Å². The minimum Gasteiger partial charge on any atom is -0.508 e. The van der Waals surface area contributed by atoms with E-state index in [0.29, 0.717) is 17.3 Å². The van der Waals surface area contributed by atoms with Crippen LogP contribution < -0.4 is 0 Å². The second kappa shape index (κ2) is 4.90. The molecule has 2 heterocycles. The number of phenols is 1. The Bertz CT molecular complexity index is 615. The summed E-state index contributed by atoms with van der Waals surface area (Å²) in [5.74, 6) is 1.21. The summed E-state index contributed by atoms with van der Waals surface area (Å²) in [7, 11) is 0. The van der Waals surface area contributed by atoms with Crippen LogP contribution in [0.25, 0.3) is 11.5 Å². The second-order valence-corrected chi connectivity index (χ2v) is 5.46. The summed E-state index contributed by atoms with van der Waals surface area (Å²) in [6.45, 7) is 4.56. The molecule has 5 nitrogen and oxygen atoms in total. The highest BCUT2D eigenvalue weighted by Crippen LogP contribution is 2.34. The molecular weight excluding hydrogens is 256 g/mol. The van der Waals surface area contributed by atoms with Crippen LogP contribution in [0.15, 0.2) is 22.7 Å². The maximum Gasteiger partial charge on any atom is 0.258 e. The molecule has 3 rings (SSSR count). The first-order valence-corrected chi connectivity index (χ1v) is 6.87. The maximum atomic E-state index is 9.75. The van der Waals surface area contributed by atoms with Crippen molar-refractivity contribution < 1.29 is 14.4 Å². The summed E-state index contributed by atoms with van der Waals surface area (Å²) in [5.41, 5.74) is 1.06. The number of hydrogen-bond donors (Lipinski definition) is 1. The van der Waals surface area contributed by atoms with Gasteiger partial charge in [-0.1, -0.05) is 11.2 Å². The van der Waals surface area contributed by atoms with Crippen molar-refractivity contribution in [3.8, 4) is 17.2 Å². The number of rotatable bonds is 2. The molecule has 1 unspecified atom stereocenters. The zero-order valence-corrected chi connectivity index (χ0v) is 11.7. The lowest BCUT2D eigenvalue weighted by Crippen LogP contribution is -2.31. The molecular formula is C15H18N2O3. The van der Waals surface area contributed by atoms with E-state index >= 15 is 0 Å². The van der Waals surface area contributed by atoms with E-state index in [9.17, 15) is 5.11 Å². The van der Waals surface area contributed by atoms with Gasteiger partial charge in [0.25, 0.3) is 5.89 Å². The molecule has 0 bridgehead atoms. The Morgan fingerprint density at radius 2 is 2.15 bits per heavy atom. The SMILES string of the molecule is Cc1ccc(-c2nc(C3(C)CCCCO3)no2)cc1O. The molecule has 0 radical (unpaired) electrons. The fourth-order valence-electron chi connectivity index (χ4n) is 2.41. The minimum atomic E-state index is -0.466. The monoisotopic (exact) mass is 274 g/mol. The molecule has 106 valence electrons. The van der Waals surface area contributed by atoms with E-state index in [0.717, 1.165) is 31.4 Å². The fraction of sp³-hybridized carbons (Fsp3) is 0.467. The summed E-state index contributed by atoms with van der Waals surface area (Å²) in [5, 5.41) is 13.8. The third kappa shape index (κ3) is 2.29. The van der Waals surface area contributed by atoms with Crippen molar-refractivity contribution in [3.05, 3.63) is 29.6 Å². The summed E-state index contributed by atoms with van der Waals surface area (Å²) in [4.78, 5) is 4.43. The normalized spacial score (nSPS) is 22.9. The molecule has 1 aliphatic heterocycles. The van der Waals surface area contributed by atoms with Crippen LogP contribution in [-0.2, 0) is 10.3 Å². The van der Waals surface area contributed by atoms with Crippen LogP contribution in [0, 0.1) is 6.92 Å². The van der Waals surface area contributed by atoms with E-state index in [2.05, 4.69) is 10.1 Å². The Balaban J connectivity index is 1.91. The van der Waals surface area contributed by atoms with Gasteiger partial charge in [0, 0.05) is 12.2 Å². The van der Waals surface area contributed by atoms with Crippen molar-refractivity contribution in [2.24, 2.45) is 0 Å². The topological polar surface area (TPSA) is 68.4 Å². The number of benzene rings is 1. The molecule has 1 saturated heterocycles. The number of aromatic nitrogens is 2. The molecule has 1 atom stereocenters. The molecule has 0 spiro atoms. The summed E-state index contributed by atoms with van der Waals surface area (Å²) in [6, 6.07) is 5.32. The van der Waals surface area contributed by atoms with Crippen LogP contribution in [0.4, 0.5) is 0 Å². The van der Waals surface area contributed by atoms with Crippen molar-refractivity contribution in [2.75, 3.05) is 6.61 Å². The highest BCUT2D eigenvalue weighted by atomic mass is 16.5.